The van der Waals surface area contributed by atoms with Crippen LogP contribution in [0.1, 0.15) is 71.1 Å². The van der Waals surface area contributed by atoms with Crippen molar-refractivity contribution in [3.63, 3.8) is 0 Å². The molecule has 1 atom stereocenters. The molecule has 0 aromatic heterocycles. The van der Waals surface area contributed by atoms with Gasteiger partial charge in [0.2, 0.25) is 0 Å². The number of hydrogen-bond donors (Lipinski definition) is 3. The van der Waals surface area contributed by atoms with Crippen molar-refractivity contribution in [1.82, 2.24) is 0 Å². The van der Waals surface area contributed by atoms with Crippen LogP contribution in [0.4, 0.5) is 0 Å². The summed E-state index contributed by atoms with van der Waals surface area (Å²) in [5.41, 5.74) is 0. The second-order valence-corrected chi connectivity index (χ2v) is 8.30. The van der Waals surface area contributed by atoms with Crippen LogP contribution in [-0.4, -0.2) is 40.2 Å². The van der Waals surface area contributed by atoms with Gasteiger partial charge in [-0.15, -0.1) is 0 Å². The lowest BCUT2D eigenvalue weighted by Crippen LogP contribution is -2.26. The minimum absolute atomic E-state index is 0.157. The van der Waals surface area contributed by atoms with Gasteiger partial charge in [0.25, 0.3) is 0 Å². The Bertz CT molecular complexity index is 605. The third-order valence-corrected chi connectivity index (χ3v) is 4.62. The molecule has 7 nitrogen and oxygen atoms in total. The summed E-state index contributed by atoms with van der Waals surface area (Å²) in [6.45, 7) is 1.10. The van der Waals surface area contributed by atoms with Crippen molar-refractivity contribution in [2.24, 2.45) is 0 Å². The average Bonchev–Trinajstić information content (AvgIpc) is 2.72. The maximum Gasteiger partial charge on any atom is 0.469 e. The summed E-state index contributed by atoms with van der Waals surface area (Å²) in [6, 6.07) is 0. The first kappa shape index (κ1) is 29.5. The van der Waals surface area contributed by atoms with Crippen molar-refractivity contribution < 1.29 is 33.5 Å². The Hall–Kier alpha value is -1.50. The van der Waals surface area contributed by atoms with Gasteiger partial charge in [0.05, 0.1) is 13.2 Å². The normalized spacial score (nSPS) is 13.8. The van der Waals surface area contributed by atoms with Gasteiger partial charge in [0.1, 0.15) is 6.10 Å². The van der Waals surface area contributed by atoms with Crippen molar-refractivity contribution in [2.45, 2.75) is 77.2 Å². The number of rotatable bonds is 19. The van der Waals surface area contributed by atoms with E-state index in [1.807, 2.05) is 12.2 Å². The van der Waals surface area contributed by atoms with Crippen molar-refractivity contribution in [3.8, 4) is 0 Å². The van der Waals surface area contributed by atoms with Gasteiger partial charge in [-0.25, -0.2) is 4.57 Å². The smallest absolute Gasteiger partial charge is 0.457 e. The summed E-state index contributed by atoms with van der Waals surface area (Å²) in [5.74, 6) is -0.538. The first-order valence-corrected chi connectivity index (χ1v) is 12.5. The monoisotopic (exact) mass is 458 g/mol. The van der Waals surface area contributed by atoms with Crippen LogP contribution >= 0.6 is 7.82 Å². The number of hydrogen-bond acceptors (Lipinski definition) is 5. The Morgan fingerprint density at radius 1 is 0.871 bits per heavy atom. The molecular weight excluding hydrogens is 419 g/mol. The number of phosphoric acid groups is 1. The Kier molecular flexibility index (Phi) is 19.4. The zero-order valence-electron chi connectivity index (χ0n) is 18.6. The van der Waals surface area contributed by atoms with Gasteiger partial charge in [0, 0.05) is 6.42 Å². The molecule has 0 aliphatic carbocycles. The van der Waals surface area contributed by atoms with Crippen molar-refractivity contribution in [1.29, 1.82) is 0 Å². The maximum atomic E-state index is 11.7. The van der Waals surface area contributed by atoms with Gasteiger partial charge in [0.15, 0.2) is 0 Å². The van der Waals surface area contributed by atoms with Crippen molar-refractivity contribution >= 4 is 13.8 Å². The largest absolute Gasteiger partial charge is 0.469 e. The number of ether oxygens (including phenoxy) is 1. The number of unbranched alkanes of at least 4 members (excludes halogenated alkanes) is 4. The standard InChI is InChI=1S/C23H39O7P/c1-2-3-4-5-6-7-8-9-10-11-12-13-14-15-16-17-18-19-23(25)30-22(20-24)21-29-31(26,27)28/h6-7,9-10,12-13,15-16,22,24H,2-5,8,11,14,17-21H2,1H3,(H2,26,27,28)/t22-/m0/s1. The van der Waals surface area contributed by atoms with Gasteiger partial charge >= 0.3 is 13.8 Å². The third-order valence-electron chi connectivity index (χ3n) is 4.14. The molecule has 0 aliphatic heterocycles. The number of carbonyl (C=O) groups is 1. The minimum atomic E-state index is -4.66. The van der Waals surface area contributed by atoms with Gasteiger partial charge < -0.3 is 19.6 Å². The summed E-state index contributed by atoms with van der Waals surface area (Å²) < 4.78 is 19.8. The quantitative estimate of drug-likeness (QED) is 0.106. The number of carbonyl (C=O) groups excluding carboxylic acids is 1. The average molecular weight is 459 g/mol. The van der Waals surface area contributed by atoms with E-state index in [0.29, 0.717) is 6.42 Å². The number of aliphatic hydroxyl groups excluding tert-OH is 1. The zero-order valence-corrected chi connectivity index (χ0v) is 19.5. The molecule has 0 aromatic rings. The molecule has 0 saturated carbocycles. The van der Waals surface area contributed by atoms with E-state index in [0.717, 1.165) is 25.7 Å². The SMILES string of the molecule is CCCCCC=CCC=CCC=CCC=CCCCC(=O)O[C@@H](CO)COP(=O)(O)O. The van der Waals surface area contributed by atoms with E-state index in [9.17, 15) is 9.36 Å². The van der Waals surface area contributed by atoms with E-state index in [1.54, 1.807) is 0 Å². The van der Waals surface area contributed by atoms with Crippen LogP contribution in [0.3, 0.4) is 0 Å². The van der Waals surface area contributed by atoms with E-state index in [2.05, 4.69) is 47.9 Å². The molecule has 0 rings (SSSR count). The van der Waals surface area contributed by atoms with Crippen molar-refractivity contribution in [2.75, 3.05) is 13.2 Å². The number of esters is 1. The van der Waals surface area contributed by atoms with Gasteiger partial charge in [-0.05, 0) is 44.9 Å². The molecule has 0 aliphatic rings. The molecule has 0 fully saturated rings. The molecular formula is C23H39O7P. The van der Waals surface area contributed by atoms with Crippen LogP contribution in [-0.2, 0) is 18.6 Å². The van der Waals surface area contributed by atoms with Crippen LogP contribution < -0.4 is 0 Å². The summed E-state index contributed by atoms with van der Waals surface area (Å²) >= 11 is 0. The van der Waals surface area contributed by atoms with Gasteiger partial charge in [-0.1, -0.05) is 68.4 Å². The minimum Gasteiger partial charge on any atom is -0.457 e. The molecule has 0 heterocycles. The molecule has 0 aromatic carbocycles. The topological polar surface area (TPSA) is 113 Å². The number of allylic oxidation sites excluding steroid dienone is 8. The number of aliphatic hydroxyl groups is 1. The Morgan fingerprint density at radius 2 is 1.39 bits per heavy atom. The highest BCUT2D eigenvalue weighted by Crippen LogP contribution is 2.35. The van der Waals surface area contributed by atoms with E-state index < -0.39 is 33.1 Å². The molecule has 8 heteroatoms. The van der Waals surface area contributed by atoms with E-state index >= 15 is 0 Å². The highest BCUT2D eigenvalue weighted by Gasteiger charge is 2.20. The molecule has 178 valence electrons. The molecule has 0 spiro atoms. The highest BCUT2D eigenvalue weighted by atomic mass is 31.2. The fraction of sp³-hybridized carbons (Fsp3) is 0.609. The Morgan fingerprint density at radius 3 is 1.87 bits per heavy atom. The van der Waals surface area contributed by atoms with E-state index in [1.165, 1.54) is 25.7 Å². The van der Waals surface area contributed by atoms with Gasteiger partial charge in [-0.2, -0.15) is 0 Å². The number of phosphoric ester groups is 1. The fourth-order valence-electron chi connectivity index (χ4n) is 2.47. The maximum absolute atomic E-state index is 11.7. The second-order valence-electron chi connectivity index (χ2n) is 7.06. The van der Waals surface area contributed by atoms with Crippen LogP contribution in [0.5, 0.6) is 0 Å². The molecule has 0 radical (unpaired) electrons. The predicted octanol–water partition coefficient (Wildman–Crippen LogP) is 5.15. The van der Waals surface area contributed by atoms with E-state index in [-0.39, 0.29) is 6.42 Å². The fourth-order valence-corrected chi connectivity index (χ4v) is 2.83. The van der Waals surface area contributed by atoms with Gasteiger partial charge in [-0.3, -0.25) is 9.32 Å². The van der Waals surface area contributed by atoms with Crippen LogP contribution in [0.25, 0.3) is 0 Å². The first-order valence-electron chi connectivity index (χ1n) is 11.0. The molecule has 0 amide bonds. The lowest BCUT2D eigenvalue weighted by atomic mass is 10.2. The lowest BCUT2D eigenvalue weighted by molar-refractivity contribution is -0.153. The molecule has 3 N–H and O–H groups in total. The zero-order chi connectivity index (χ0) is 23.2. The first-order chi connectivity index (χ1) is 14.9. The summed E-state index contributed by atoms with van der Waals surface area (Å²) in [4.78, 5) is 28.9. The van der Waals surface area contributed by atoms with Crippen LogP contribution in [0.15, 0.2) is 48.6 Å². The van der Waals surface area contributed by atoms with E-state index in [4.69, 9.17) is 19.6 Å². The molecule has 0 saturated heterocycles. The lowest BCUT2D eigenvalue weighted by Gasteiger charge is -2.15. The van der Waals surface area contributed by atoms with Crippen LogP contribution in [0.2, 0.25) is 0 Å². The summed E-state index contributed by atoms with van der Waals surface area (Å²) in [7, 11) is -4.66. The highest BCUT2D eigenvalue weighted by molar-refractivity contribution is 7.46. The Labute approximate surface area is 186 Å². The predicted molar refractivity (Wildman–Crippen MR) is 123 cm³/mol. The molecule has 31 heavy (non-hydrogen) atoms. The summed E-state index contributed by atoms with van der Waals surface area (Å²) in [6.07, 6.45) is 25.2. The van der Waals surface area contributed by atoms with Crippen LogP contribution in [0, 0.1) is 0 Å². The second kappa shape index (κ2) is 20.4. The van der Waals surface area contributed by atoms with Crippen molar-refractivity contribution in [3.05, 3.63) is 48.6 Å². The third kappa shape index (κ3) is 23.0. The molecule has 0 bridgehead atoms. The summed E-state index contributed by atoms with van der Waals surface area (Å²) in [5, 5.41) is 9.06. The molecule has 0 unspecified atom stereocenters. The Balaban J connectivity index is 3.72.